The van der Waals surface area contributed by atoms with Gasteiger partial charge in [-0.3, -0.25) is 0 Å². The van der Waals surface area contributed by atoms with E-state index in [1.54, 1.807) is 6.08 Å². The van der Waals surface area contributed by atoms with Crippen LogP contribution in [0.5, 0.6) is 0 Å². The minimum Gasteiger partial charge on any atom is -0.412 e. The Hall–Kier alpha value is -0.340. The maximum atomic E-state index is 4.86. The van der Waals surface area contributed by atoms with E-state index in [-0.39, 0.29) is 5.48 Å². The SMILES string of the molecule is C=CCOCC.O. The van der Waals surface area contributed by atoms with Crippen LogP contribution in [-0.2, 0) is 4.74 Å². The highest BCUT2D eigenvalue weighted by atomic mass is 16.5. The molecule has 0 radical (unpaired) electrons. The molecule has 0 saturated carbocycles. The van der Waals surface area contributed by atoms with Gasteiger partial charge < -0.3 is 10.2 Å². The first-order chi connectivity index (χ1) is 2.91. The van der Waals surface area contributed by atoms with E-state index >= 15 is 0 Å². The Kier molecular flexibility index (Phi) is 12.9. The highest BCUT2D eigenvalue weighted by molar-refractivity contribution is 4.62. The second-order valence-corrected chi connectivity index (χ2v) is 0.948. The van der Waals surface area contributed by atoms with Crippen molar-refractivity contribution in [2.24, 2.45) is 0 Å². The molecule has 0 aromatic carbocycles. The molecule has 2 N–H and O–H groups in total. The van der Waals surface area contributed by atoms with E-state index in [1.165, 1.54) is 0 Å². The first kappa shape index (κ1) is 9.83. The number of rotatable bonds is 3. The van der Waals surface area contributed by atoms with Gasteiger partial charge in [0.25, 0.3) is 0 Å². The Morgan fingerprint density at radius 3 is 2.43 bits per heavy atom. The molecule has 0 aliphatic carbocycles. The molecular weight excluding hydrogens is 92.1 g/mol. The summed E-state index contributed by atoms with van der Waals surface area (Å²) in [4.78, 5) is 0. The Bertz CT molecular complexity index is 35.1. The summed E-state index contributed by atoms with van der Waals surface area (Å²) in [6.07, 6.45) is 1.74. The Labute approximate surface area is 44.1 Å². The first-order valence-corrected chi connectivity index (χ1v) is 2.10. The third-order valence-corrected chi connectivity index (χ3v) is 0.440. The molecule has 2 heteroatoms. The summed E-state index contributed by atoms with van der Waals surface area (Å²) < 4.78 is 4.86. The van der Waals surface area contributed by atoms with Crippen LogP contribution in [-0.4, -0.2) is 18.7 Å². The molecular formula is C5H12O2. The maximum Gasteiger partial charge on any atom is 0.0644 e. The van der Waals surface area contributed by atoms with Crippen molar-refractivity contribution in [3.8, 4) is 0 Å². The molecule has 0 atom stereocenters. The second kappa shape index (κ2) is 9.18. The fourth-order valence-corrected chi connectivity index (χ4v) is 0.201. The lowest BCUT2D eigenvalue weighted by Crippen LogP contribution is -1.86. The van der Waals surface area contributed by atoms with E-state index in [2.05, 4.69) is 6.58 Å². The largest absolute Gasteiger partial charge is 0.412 e. The lowest BCUT2D eigenvalue weighted by molar-refractivity contribution is 0.178. The lowest BCUT2D eigenvalue weighted by Gasteiger charge is -1.88. The molecule has 0 saturated heterocycles. The maximum absolute atomic E-state index is 4.86. The van der Waals surface area contributed by atoms with Gasteiger partial charge in [0.2, 0.25) is 0 Å². The van der Waals surface area contributed by atoms with Crippen molar-refractivity contribution in [1.29, 1.82) is 0 Å². The van der Waals surface area contributed by atoms with Crippen LogP contribution in [0, 0.1) is 0 Å². The number of hydrogen-bond acceptors (Lipinski definition) is 1. The summed E-state index contributed by atoms with van der Waals surface area (Å²) in [7, 11) is 0. The molecule has 0 aromatic rings. The summed E-state index contributed by atoms with van der Waals surface area (Å²) in [5, 5.41) is 0. The zero-order chi connectivity index (χ0) is 4.83. The molecule has 0 spiro atoms. The molecule has 0 unspecified atom stereocenters. The minimum absolute atomic E-state index is 0. The smallest absolute Gasteiger partial charge is 0.0644 e. The summed E-state index contributed by atoms with van der Waals surface area (Å²) in [5.74, 6) is 0. The molecule has 0 aliphatic heterocycles. The molecule has 0 fully saturated rings. The molecule has 44 valence electrons. The summed E-state index contributed by atoms with van der Waals surface area (Å²) in [5.41, 5.74) is 0. The van der Waals surface area contributed by atoms with Gasteiger partial charge in [0.05, 0.1) is 6.61 Å². The van der Waals surface area contributed by atoms with Crippen LogP contribution in [0.3, 0.4) is 0 Å². The van der Waals surface area contributed by atoms with E-state index in [1.807, 2.05) is 6.92 Å². The van der Waals surface area contributed by atoms with Gasteiger partial charge in [0, 0.05) is 6.61 Å². The average Bonchev–Trinajstić information content (AvgIpc) is 1.61. The second-order valence-electron chi connectivity index (χ2n) is 0.948. The summed E-state index contributed by atoms with van der Waals surface area (Å²) in [6, 6.07) is 0. The lowest BCUT2D eigenvalue weighted by atomic mass is 10.7. The van der Waals surface area contributed by atoms with Gasteiger partial charge in [-0.15, -0.1) is 6.58 Å². The van der Waals surface area contributed by atoms with Crippen molar-refractivity contribution in [3.63, 3.8) is 0 Å². The van der Waals surface area contributed by atoms with Crippen LogP contribution in [0.25, 0.3) is 0 Å². The van der Waals surface area contributed by atoms with Crippen LogP contribution >= 0.6 is 0 Å². The van der Waals surface area contributed by atoms with E-state index in [0.717, 1.165) is 6.61 Å². The van der Waals surface area contributed by atoms with Gasteiger partial charge >= 0.3 is 0 Å². The van der Waals surface area contributed by atoms with Gasteiger partial charge in [-0.25, -0.2) is 0 Å². The molecule has 0 amide bonds. The van der Waals surface area contributed by atoms with Crippen LogP contribution in [0.2, 0.25) is 0 Å². The predicted octanol–water partition coefficient (Wildman–Crippen LogP) is 0.384. The first-order valence-electron chi connectivity index (χ1n) is 2.10. The van der Waals surface area contributed by atoms with Crippen LogP contribution in [0.1, 0.15) is 6.92 Å². The zero-order valence-corrected chi connectivity index (χ0v) is 4.61. The summed E-state index contributed by atoms with van der Waals surface area (Å²) >= 11 is 0. The van der Waals surface area contributed by atoms with Gasteiger partial charge in [-0.1, -0.05) is 6.08 Å². The van der Waals surface area contributed by atoms with E-state index in [0.29, 0.717) is 6.61 Å². The molecule has 0 bridgehead atoms. The Morgan fingerprint density at radius 2 is 2.29 bits per heavy atom. The van der Waals surface area contributed by atoms with Crippen LogP contribution < -0.4 is 0 Å². The molecule has 7 heavy (non-hydrogen) atoms. The predicted molar refractivity (Wildman–Crippen MR) is 30.3 cm³/mol. The van der Waals surface area contributed by atoms with Crippen molar-refractivity contribution in [1.82, 2.24) is 0 Å². The molecule has 0 heterocycles. The third-order valence-electron chi connectivity index (χ3n) is 0.440. The van der Waals surface area contributed by atoms with Crippen LogP contribution in [0.4, 0.5) is 0 Å². The quantitative estimate of drug-likeness (QED) is 0.377. The Balaban J connectivity index is 0. The highest BCUT2D eigenvalue weighted by Gasteiger charge is 1.67. The van der Waals surface area contributed by atoms with Crippen molar-refractivity contribution in [3.05, 3.63) is 12.7 Å². The zero-order valence-electron chi connectivity index (χ0n) is 4.61. The average molecular weight is 104 g/mol. The molecule has 0 aromatic heterocycles. The normalized spacial score (nSPS) is 7.00. The molecule has 0 aliphatic rings. The monoisotopic (exact) mass is 104 g/mol. The van der Waals surface area contributed by atoms with E-state index in [9.17, 15) is 0 Å². The molecule has 2 nitrogen and oxygen atoms in total. The van der Waals surface area contributed by atoms with Crippen molar-refractivity contribution in [2.45, 2.75) is 6.92 Å². The number of hydrogen-bond donors (Lipinski definition) is 0. The Morgan fingerprint density at radius 1 is 1.71 bits per heavy atom. The molecule has 0 rings (SSSR count). The van der Waals surface area contributed by atoms with Crippen molar-refractivity contribution >= 4 is 0 Å². The fraction of sp³-hybridized carbons (Fsp3) is 0.600. The minimum atomic E-state index is 0. The topological polar surface area (TPSA) is 40.7 Å². The number of ether oxygens (including phenoxy) is 1. The van der Waals surface area contributed by atoms with Crippen molar-refractivity contribution in [2.75, 3.05) is 13.2 Å². The third kappa shape index (κ3) is 10.7. The van der Waals surface area contributed by atoms with Gasteiger partial charge in [0.1, 0.15) is 0 Å². The summed E-state index contributed by atoms with van der Waals surface area (Å²) in [6.45, 7) is 6.90. The van der Waals surface area contributed by atoms with E-state index in [4.69, 9.17) is 4.74 Å². The standard InChI is InChI=1S/C5H10O.H2O/c1-3-5-6-4-2;/h3H,1,4-5H2,2H3;1H2. The van der Waals surface area contributed by atoms with Crippen molar-refractivity contribution < 1.29 is 10.2 Å². The highest BCUT2D eigenvalue weighted by Crippen LogP contribution is 1.69. The van der Waals surface area contributed by atoms with Gasteiger partial charge in [-0.2, -0.15) is 0 Å². The fourth-order valence-electron chi connectivity index (χ4n) is 0.201. The van der Waals surface area contributed by atoms with Crippen LogP contribution in [0.15, 0.2) is 12.7 Å². The van der Waals surface area contributed by atoms with E-state index < -0.39 is 0 Å². The van der Waals surface area contributed by atoms with Gasteiger partial charge in [0.15, 0.2) is 0 Å². The van der Waals surface area contributed by atoms with Gasteiger partial charge in [-0.05, 0) is 6.92 Å².